The average molecular weight is 328 g/mol. The van der Waals surface area contributed by atoms with Gasteiger partial charge in [-0.2, -0.15) is 5.26 Å². The minimum atomic E-state index is 0.164. The summed E-state index contributed by atoms with van der Waals surface area (Å²) < 4.78 is 0. The Balaban J connectivity index is 2.05. The molecule has 132 valence electrons. The summed E-state index contributed by atoms with van der Waals surface area (Å²) in [5.74, 6) is 0.848. The van der Waals surface area contributed by atoms with Crippen molar-refractivity contribution in [2.75, 3.05) is 20.1 Å². The van der Waals surface area contributed by atoms with E-state index >= 15 is 0 Å². The Morgan fingerprint density at radius 1 is 1.29 bits per heavy atom. The van der Waals surface area contributed by atoms with E-state index in [4.69, 9.17) is 5.26 Å². The molecule has 0 amide bonds. The van der Waals surface area contributed by atoms with Gasteiger partial charge in [0.05, 0.1) is 6.07 Å². The Morgan fingerprint density at radius 2 is 2.00 bits per heavy atom. The second kappa shape index (κ2) is 9.20. The second-order valence-electron chi connectivity index (χ2n) is 7.70. The van der Waals surface area contributed by atoms with E-state index in [2.05, 4.69) is 67.1 Å². The molecule has 0 bridgehead atoms. The Labute approximate surface area is 148 Å². The molecule has 1 aromatic rings. The lowest BCUT2D eigenvalue weighted by molar-refractivity contribution is 0.0398. The van der Waals surface area contributed by atoms with Crippen LogP contribution in [0.1, 0.15) is 45.6 Å². The number of likely N-dealkylation sites (tertiary alicyclic amines) is 1. The van der Waals surface area contributed by atoms with Gasteiger partial charge in [-0.1, -0.05) is 37.3 Å². The Bertz CT molecular complexity index is 522. The zero-order valence-corrected chi connectivity index (χ0v) is 15.8. The fourth-order valence-electron chi connectivity index (χ4n) is 3.87. The SMILES string of the molecule is C[C@H](C#N)CCCN(Cc1ccccc1)[C@@H]1C[C@@H](C)N(C)C[C@H]1C. The number of nitriles is 1. The Morgan fingerprint density at radius 3 is 2.67 bits per heavy atom. The van der Waals surface area contributed by atoms with Crippen molar-refractivity contribution in [2.45, 2.75) is 58.7 Å². The van der Waals surface area contributed by atoms with Gasteiger partial charge in [-0.15, -0.1) is 0 Å². The topological polar surface area (TPSA) is 30.3 Å². The van der Waals surface area contributed by atoms with Gasteiger partial charge in [-0.25, -0.2) is 0 Å². The third-order valence-electron chi connectivity index (χ3n) is 5.57. The summed E-state index contributed by atoms with van der Waals surface area (Å²) in [5.41, 5.74) is 1.39. The molecule has 1 aliphatic rings. The molecule has 0 radical (unpaired) electrons. The van der Waals surface area contributed by atoms with Crippen molar-refractivity contribution >= 4 is 0 Å². The third-order valence-corrected chi connectivity index (χ3v) is 5.57. The van der Waals surface area contributed by atoms with Crippen LogP contribution in [-0.2, 0) is 6.54 Å². The van der Waals surface area contributed by atoms with E-state index in [0.29, 0.717) is 18.0 Å². The van der Waals surface area contributed by atoms with Gasteiger partial charge in [0.25, 0.3) is 0 Å². The first-order valence-corrected chi connectivity index (χ1v) is 9.39. The molecule has 1 heterocycles. The maximum Gasteiger partial charge on any atom is 0.0652 e. The van der Waals surface area contributed by atoms with E-state index in [-0.39, 0.29) is 5.92 Å². The maximum absolute atomic E-state index is 9.02. The molecule has 1 fully saturated rings. The van der Waals surface area contributed by atoms with Crippen molar-refractivity contribution in [3.05, 3.63) is 35.9 Å². The number of piperidine rings is 1. The van der Waals surface area contributed by atoms with Crippen LogP contribution >= 0.6 is 0 Å². The fraction of sp³-hybridized carbons (Fsp3) is 0.667. The van der Waals surface area contributed by atoms with Gasteiger partial charge in [0.1, 0.15) is 0 Å². The number of hydrogen-bond donors (Lipinski definition) is 0. The van der Waals surface area contributed by atoms with E-state index < -0.39 is 0 Å². The number of rotatable bonds is 7. The first kappa shape index (κ1) is 19.0. The van der Waals surface area contributed by atoms with Crippen molar-refractivity contribution in [3.63, 3.8) is 0 Å². The van der Waals surface area contributed by atoms with Crippen LogP contribution in [-0.4, -0.2) is 42.0 Å². The highest BCUT2D eigenvalue weighted by Gasteiger charge is 2.32. The van der Waals surface area contributed by atoms with Crippen LogP contribution in [0.2, 0.25) is 0 Å². The van der Waals surface area contributed by atoms with Gasteiger partial charge < -0.3 is 4.90 Å². The zero-order valence-electron chi connectivity index (χ0n) is 15.8. The molecule has 3 heteroatoms. The Hall–Kier alpha value is -1.37. The fourth-order valence-corrected chi connectivity index (χ4v) is 3.87. The van der Waals surface area contributed by atoms with Crippen LogP contribution < -0.4 is 0 Å². The molecule has 0 saturated carbocycles. The summed E-state index contributed by atoms with van der Waals surface area (Å²) in [7, 11) is 2.24. The van der Waals surface area contributed by atoms with Crippen LogP contribution in [0.15, 0.2) is 30.3 Å². The van der Waals surface area contributed by atoms with E-state index in [0.717, 1.165) is 25.9 Å². The molecular weight excluding hydrogens is 294 g/mol. The molecule has 24 heavy (non-hydrogen) atoms. The normalized spacial score (nSPS) is 26.2. The minimum Gasteiger partial charge on any atom is -0.303 e. The minimum absolute atomic E-state index is 0.164. The molecule has 4 atom stereocenters. The molecule has 0 aromatic heterocycles. The van der Waals surface area contributed by atoms with E-state index in [1.807, 2.05) is 6.92 Å². The molecule has 2 rings (SSSR count). The van der Waals surface area contributed by atoms with Gasteiger partial charge in [0.2, 0.25) is 0 Å². The van der Waals surface area contributed by atoms with Gasteiger partial charge >= 0.3 is 0 Å². The lowest BCUT2D eigenvalue weighted by atomic mass is 9.88. The van der Waals surface area contributed by atoms with E-state index in [1.165, 1.54) is 18.5 Å². The second-order valence-corrected chi connectivity index (χ2v) is 7.70. The summed E-state index contributed by atoms with van der Waals surface area (Å²) in [4.78, 5) is 5.16. The van der Waals surface area contributed by atoms with Gasteiger partial charge in [0.15, 0.2) is 0 Å². The summed E-state index contributed by atoms with van der Waals surface area (Å²) in [5, 5.41) is 9.02. The molecular formula is C21H33N3. The predicted octanol–water partition coefficient (Wildman–Crippen LogP) is 4.16. The zero-order chi connectivity index (χ0) is 17.5. The van der Waals surface area contributed by atoms with Crippen molar-refractivity contribution in [2.24, 2.45) is 11.8 Å². The average Bonchev–Trinajstić information content (AvgIpc) is 2.58. The number of benzene rings is 1. The highest BCUT2D eigenvalue weighted by Crippen LogP contribution is 2.27. The van der Waals surface area contributed by atoms with Gasteiger partial charge in [0, 0.05) is 31.1 Å². The van der Waals surface area contributed by atoms with Crippen LogP contribution in [0.5, 0.6) is 0 Å². The lowest BCUT2D eigenvalue weighted by Crippen LogP contribution is -2.52. The van der Waals surface area contributed by atoms with Crippen molar-refractivity contribution in [1.82, 2.24) is 9.80 Å². The standard InChI is InChI=1S/C21H33N3/c1-17(14-22)9-8-12-24(16-20-10-6-5-7-11-20)21-13-19(3)23(4)15-18(21)2/h5-7,10-11,17-19,21H,8-9,12-13,15-16H2,1-4H3/t17-,18+,19+,21+/m0/s1. The highest BCUT2D eigenvalue weighted by atomic mass is 15.2. The molecule has 3 nitrogen and oxygen atoms in total. The predicted molar refractivity (Wildman–Crippen MR) is 101 cm³/mol. The number of hydrogen-bond acceptors (Lipinski definition) is 3. The molecule has 1 aliphatic heterocycles. The summed E-state index contributed by atoms with van der Waals surface area (Å²) >= 11 is 0. The Kier molecular flexibility index (Phi) is 7.27. The van der Waals surface area contributed by atoms with E-state index in [1.54, 1.807) is 0 Å². The highest BCUT2D eigenvalue weighted by molar-refractivity contribution is 5.14. The summed E-state index contributed by atoms with van der Waals surface area (Å²) in [6.07, 6.45) is 3.34. The molecule has 1 aromatic carbocycles. The smallest absolute Gasteiger partial charge is 0.0652 e. The van der Waals surface area contributed by atoms with Gasteiger partial charge in [-0.3, -0.25) is 4.90 Å². The van der Waals surface area contributed by atoms with Crippen molar-refractivity contribution in [1.29, 1.82) is 5.26 Å². The van der Waals surface area contributed by atoms with Gasteiger partial charge in [-0.05, 0) is 58.2 Å². The van der Waals surface area contributed by atoms with E-state index in [9.17, 15) is 0 Å². The quantitative estimate of drug-likeness (QED) is 0.753. The van der Waals surface area contributed by atoms with Crippen molar-refractivity contribution in [3.8, 4) is 6.07 Å². The van der Waals surface area contributed by atoms with Crippen LogP contribution in [0.4, 0.5) is 0 Å². The molecule has 0 unspecified atom stereocenters. The molecule has 0 spiro atoms. The first-order valence-electron chi connectivity index (χ1n) is 9.39. The molecule has 0 N–H and O–H groups in total. The lowest BCUT2D eigenvalue weighted by Gasteiger charge is -2.45. The maximum atomic E-state index is 9.02. The third kappa shape index (κ3) is 5.33. The van der Waals surface area contributed by atoms with Crippen LogP contribution in [0.3, 0.4) is 0 Å². The van der Waals surface area contributed by atoms with Crippen LogP contribution in [0.25, 0.3) is 0 Å². The largest absolute Gasteiger partial charge is 0.303 e. The molecule has 1 saturated heterocycles. The summed E-state index contributed by atoms with van der Waals surface area (Å²) in [6.45, 7) is 10.0. The summed E-state index contributed by atoms with van der Waals surface area (Å²) in [6, 6.07) is 14.4. The monoisotopic (exact) mass is 327 g/mol. The number of nitrogens with zero attached hydrogens (tertiary/aromatic N) is 3. The molecule has 0 aliphatic carbocycles. The van der Waals surface area contributed by atoms with Crippen LogP contribution in [0, 0.1) is 23.2 Å². The first-order chi connectivity index (χ1) is 11.5. The van der Waals surface area contributed by atoms with Crippen molar-refractivity contribution < 1.29 is 0 Å².